The van der Waals surface area contributed by atoms with Gasteiger partial charge in [-0.25, -0.2) is 9.97 Å². The van der Waals surface area contributed by atoms with Crippen molar-refractivity contribution < 1.29 is 78.0 Å². The van der Waals surface area contributed by atoms with E-state index < -0.39 is 36.2 Å². The van der Waals surface area contributed by atoms with Crippen molar-refractivity contribution in [3.8, 4) is 68.0 Å². The van der Waals surface area contributed by atoms with Gasteiger partial charge in [-0.1, -0.05) is 36.4 Å². The molecule has 0 spiro atoms. The van der Waals surface area contributed by atoms with Crippen LogP contribution in [0.3, 0.4) is 0 Å². The van der Waals surface area contributed by atoms with Gasteiger partial charge in [-0.05, 0) is 133 Å². The molecule has 2 aliphatic rings. The molecule has 0 saturated carbocycles. The summed E-state index contributed by atoms with van der Waals surface area (Å²) in [6.07, 6.45) is -1.02. The molecule has 2 saturated heterocycles. The van der Waals surface area contributed by atoms with Crippen molar-refractivity contribution in [1.82, 2.24) is 75.8 Å². The Morgan fingerprint density at radius 3 is 1.39 bits per heavy atom. The van der Waals surface area contributed by atoms with Crippen LogP contribution in [0.1, 0.15) is 93.5 Å². The number of halogens is 6. The van der Waals surface area contributed by atoms with Crippen molar-refractivity contribution in [3.05, 3.63) is 192 Å². The van der Waals surface area contributed by atoms with Crippen LogP contribution >= 0.6 is 0 Å². The monoisotopic (exact) mass is 1640 g/mol. The molecule has 0 bridgehead atoms. The molecule has 120 heavy (non-hydrogen) atoms. The van der Waals surface area contributed by atoms with Crippen molar-refractivity contribution in [1.29, 1.82) is 0 Å². The molecule has 10 N–H and O–H groups in total. The summed E-state index contributed by atoms with van der Waals surface area (Å²) < 4.78 is 129. The average molecular weight is 1640 g/mol. The summed E-state index contributed by atoms with van der Waals surface area (Å²) in [6, 6.07) is 36.0. The highest BCUT2D eigenvalue weighted by molar-refractivity contribution is 6.03. The van der Waals surface area contributed by atoms with Gasteiger partial charge in [0.05, 0.1) is 79.2 Å². The summed E-state index contributed by atoms with van der Waals surface area (Å²) in [5.74, 6) is 1.49. The number of nitrogens with one attached hydrogen (secondary N) is 10. The van der Waals surface area contributed by atoms with Crippen LogP contribution in [0.25, 0.3) is 99.9 Å². The first-order chi connectivity index (χ1) is 57.8. The van der Waals surface area contributed by atoms with Crippen molar-refractivity contribution >= 4 is 108 Å². The lowest BCUT2D eigenvalue weighted by Crippen LogP contribution is -2.26. The summed E-state index contributed by atoms with van der Waals surface area (Å²) in [6.45, 7) is 9.60. The van der Waals surface area contributed by atoms with E-state index in [-0.39, 0.29) is 75.9 Å². The highest BCUT2D eigenvalue weighted by Gasteiger charge is 2.36. The molecule has 618 valence electrons. The number of methoxy groups -OCH3 is 1. The van der Waals surface area contributed by atoms with E-state index in [0.717, 1.165) is 67.1 Å². The topological polar surface area (TPSA) is 371 Å². The third kappa shape index (κ3) is 18.2. The number of nitrogens with zero attached hydrogens (tertiary/aromatic N) is 8. The number of aryl methyl sites for hydroxylation is 2. The molecule has 15 aromatic rings. The minimum absolute atomic E-state index is 0.0374. The Balaban J connectivity index is 0.000000141. The number of amides is 3. The Kier molecular flexibility index (Phi) is 23.4. The molecule has 11 heterocycles. The lowest BCUT2D eigenvalue weighted by atomic mass is 10.0. The SMILES string of the molecule is CNC(=O)c1ccc(Nc2nc(OC(C)C)c3c(-c4ccc(-c5ccc[nH]5)cc4)c[nH]c3n2)c(OC)c1.CNC(=O)c1ccc(Nc2nc(OC3CCOCC3)c3c(-c4ccc5nc(C)oc5c4)c[nH]c3n2)c(C(F)(F)F)c1.CNC(=O)c1ccc(Nc2nc(OC3CCOCC3)c3c(-c4ccc5nc(C)oc5c4)c[nH]c3n2)c(CC(F)(F)F)c1. The number of rotatable bonds is 21. The van der Waals surface area contributed by atoms with E-state index in [1.54, 1.807) is 58.6 Å². The molecule has 0 unspecified atom stereocenters. The second-order valence-electron chi connectivity index (χ2n) is 28.3. The van der Waals surface area contributed by atoms with Gasteiger partial charge in [0.15, 0.2) is 22.9 Å². The van der Waals surface area contributed by atoms with Gasteiger partial charge in [-0.15, -0.1) is 0 Å². The van der Waals surface area contributed by atoms with Crippen molar-refractivity contribution in [2.45, 2.75) is 90.5 Å². The highest BCUT2D eigenvalue weighted by Crippen LogP contribution is 2.44. The number of carbonyl (C=O) groups excluding carboxylic acids is 3. The van der Waals surface area contributed by atoms with Crippen LogP contribution < -0.4 is 50.8 Å². The molecule has 17 rings (SSSR count). The number of oxazole rings is 2. The largest absolute Gasteiger partial charge is 0.495 e. The fraction of sp³-hybridized carbons (Fsp3) is 0.259. The lowest BCUT2D eigenvalue weighted by molar-refractivity contribution is -0.137. The molecule has 0 radical (unpaired) electrons. The zero-order valence-corrected chi connectivity index (χ0v) is 65.9. The quantitative estimate of drug-likeness (QED) is 0.0299. The van der Waals surface area contributed by atoms with Gasteiger partial charge in [-0.2, -0.15) is 56.2 Å². The number of H-pyrrole nitrogens is 4. The fourth-order valence-electron chi connectivity index (χ4n) is 14.0. The van der Waals surface area contributed by atoms with E-state index in [0.29, 0.717) is 132 Å². The molecule has 6 aromatic carbocycles. The predicted molar refractivity (Wildman–Crippen MR) is 438 cm³/mol. The summed E-state index contributed by atoms with van der Waals surface area (Å²) in [5, 5.41) is 18.2. The Morgan fingerprint density at radius 1 is 0.492 bits per heavy atom. The number of fused-ring (bicyclic) bond motifs is 5. The zero-order chi connectivity index (χ0) is 84.1. The number of aromatic amines is 4. The van der Waals surface area contributed by atoms with Crippen LogP contribution in [0.5, 0.6) is 23.4 Å². The van der Waals surface area contributed by atoms with Gasteiger partial charge in [0.2, 0.25) is 35.5 Å². The van der Waals surface area contributed by atoms with Crippen LogP contribution in [0.15, 0.2) is 161 Å². The molecular weight excluding hydrogens is 1560 g/mol. The van der Waals surface area contributed by atoms with E-state index in [2.05, 4.69) is 106 Å². The van der Waals surface area contributed by atoms with Gasteiger partial charge in [0.1, 0.15) is 45.9 Å². The first-order valence-corrected chi connectivity index (χ1v) is 38.2. The second kappa shape index (κ2) is 34.6. The standard InChI is InChI=1S/C29H27F3N6O4.C28H25F3N6O4.C28H28N6O3/c1-15-35-22-6-3-16(12-23(22)41-15)20-14-34-25-24(20)27(42-19-7-9-40-10-8-19)38-28(37-25)36-21-5-4-17(26(39)33-2)11-18(21)13-29(30,31)32;1-14-34-21-6-3-15(12-22(21)40-14)18-13-33-24-23(18)26(41-17-7-9-39-10-8-17)37-27(36-24)35-20-5-4-16(25(38)32-2)11-19(20)28(29,30)31;1-16(2)37-27-24-20(17-7-9-18(10-8-17)21-6-5-13-30-21)15-31-25(24)33-28(34-27)32-22-12-11-19(26(35)29-3)14-23(22)36-4/h3-6,11-12,14,19H,7-10,13H2,1-2H3,(H,33,39)(H2,34,36,37,38);3-6,11-13,17H,7-10H2,1-2H3,(H,32,38)(H2,33,35,36,37);5-16,30H,1-4H3,(H,29,35)(H2,31,32,33,34). The number of anilines is 6. The molecule has 0 atom stereocenters. The first-order valence-electron chi connectivity index (χ1n) is 38.2. The van der Waals surface area contributed by atoms with Gasteiger partial charge in [0, 0.05) is 130 Å². The lowest BCUT2D eigenvalue weighted by Gasteiger charge is -2.23. The van der Waals surface area contributed by atoms with Crippen molar-refractivity contribution in [3.63, 3.8) is 0 Å². The third-order valence-corrected chi connectivity index (χ3v) is 19.7. The molecule has 35 heteroatoms. The second-order valence-corrected chi connectivity index (χ2v) is 28.3. The first kappa shape index (κ1) is 81.1. The minimum atomic E-state index is -4.74. The molecule has 29 nitrogen and oxygen atoms in total. The summed E-state index contributed by atoms with van der Waals surface area (Å²) in [5.41, 5.74) is 11.1. The van der Waals surface area contributed by atoms with Crippen LogP contribution in [0.2, 0.25) is 0 Å². The van der Waals surface area contributed by atoms with Crippen molar-refractivity contribution in [2.24, 2.45) is 0 Å². The van der Waals surface area contributed by atoms with E-state index in [1.165, 1.54) is 44.4 Å². The number of carbonyl (C=O) groups is 3. The summed E-state index contributed by atoms with van der Waals surface area (Å²) in [7, 11) is 5.89. The molecular formula is C85H80F6N18O11. The van der Waals surface area contributed by atoms with E-state index in [1.807, 2.05) is 74.8 Å². The Labute approximate surface area is 679 Å². The maximum atomic E-state index is 14.0. The number of aromatic nitrogens is 12. The van der Waals surface area contributed by atoms with Crippen molar-refractivity contribution in [2.75, 3.05) is 70.6 Å². The fourth-order valence-corrected chi connectivity index (χ4v) is 14.0. The highest BCUT2D eigenvalue weighted by atomic mass is 19.4. The van der Waals surface area contributed by atoms with Crippen LogP contribution in [-0.2, 0) is 22.1 Å². The van der Waals surface area contributed by atoms with Gasteiger partial charge in [-0.3, -0.25) is 14.4 Å². The molecule has 2 fully saturated rings. The van der Waals surface area contributed by atoms with Crippen LogP contribution in [0.4, 0.5) is 61.2 Å². The smallest absolute Gasteiger partial charge is 0.418 e. The average Bonchev–Trinajstić information content (AvgIpc) is 1.59. The number of hydrogen-bond donors (Lipinski definition) is 10. The third-order valence-electron chi connectivity index (χ3n) is 19.7. The maximum Gasteiger partial charge on any atom is 0.418 e. The van der Waals surface area contributed by atoms with E-state index >= 15 is 0 Å². The Hall–Kier alpha value is -14.1. The minimum Gasteiger partial charge on any atom is -0.495 e. The van der Waals surface area contributed by atoms with Gasteiger partial charge in [0.25, 0.3) is 17.7 Å². The molecule has 0 aliphatic carbocycles. The van der Waals surface area contributed by atoms with Gasteiger partial charge < -0.3 is 89.1 Å². The molecule has 3 amide bonds. The summed E-state index contributed by atoms with van der Waals surface area (Å²) in [4.78, 5) is 85.1. The summed E-state index contributed by atoms with van der Waals surface area (Å²) >= 11 is 0. The molecule has 9 aromatic heterocycles. The Bertz CT molecular complexity index is 6270. The predicted octanol–water partition coefficient (Wildman–Crippen LogP) is 17.1. The maximum absolute atomic E-state index is 14.0. The molecule has 2 aliphatic heterocycles. The Morgan fingerprint density at radius 2 is 0.925 bits per heavy atom. The normalized spacial score (nSPS) is 13.4. The van der Waals surface area contributed by atoms with E-state index in [4.69, 9.17) is 47.2 Å². The van der Waals surface area contributed by atoms with Crippen LogP contribution in [-0.4, -0.2) is 157 Å². The number of ether oxygens (including phenoxy) is 6. The number of benzene rings is 6. The number of hydrogen-bond acceptors (Lipinski definition) is 22. The number of alkyl halides is 6. The van der Waals surface area contributed by atoms with E-state index in [9.17, 15) is 40.7 Å². The van der Waals surface area contributed by atoms with Crippen LogP contribution in [0, 0.1) is 13.8 Å². The zero-order valence-electron chi connectivity index (χ0n) is 65.9. The van der Waals surface area contributed by atoms with Gasteiger partial charge >= 0.3 is 12.4 Å².